The summed E-state index contributed by atoms with van der Waals surface area (Å²) < 4.78 is 10.5. The summed E-state index contributed by atoms with van der Waals surface area (Å²) in [6.45, 7) is 3.85. The van der Waals surface area contributed by atoms with E-state index in [1.165, 1.54) is 25.2 Å². The van der Waals surface area contributed by atoms with Gasteiger partial charge in [-0.05, 0) is 67.0 Å². The number of hydrogen-bond acceptors (Lipinski definition) is 5. The maximum atomic E-state index is 13.2. The molecule has 0 aliphatic carbocycles. The molecule has 1 saturated heterocycles. The van der Waals surface area contributed by atoms with Crippen molar-refractivity contribution in [3.8, 4) is 11.5 Å². The number of ether oxygens (including phenoxy) is 2. The molecule has 0 atom stereocenters. The van der Waals surface area contributed by atoms with E-state index in [9.17, 15) is 9.59 Å². The molecule has 6 nitrogen and oxygen atoms in total. The van der Waals surface area contributed by atoms with Gasteiger partial charge in [0, 0.05) is 6.07 Å². The fourth-order valence-corrected chi connectivity index (χ4v) is 3.60. The molecule has 2 aromatic carbocycles. The van der Waals surface area contributed by atoms with Crippen molar-refractivity contribution in [3.63, 3.8) is 0 Å². The van der Waals surface area contributed by atoms with Gasteiger partial charge in [0.2, 0.25) is 0 Å². The van der Waals surface area contributed by atoms with Crippen molar-refractivity contribution in [2.24, 2.45) is 0 Å². The van der Waals surface area contributed by atoms with Crippen LogP contribution in [0.5, 0.6) is 11.5 Å². The van der Waals surface area contributed by atoms with E-state index in [2.05, 4.69) is 5.32 Å². The number of aryl methyl sites for hydroxylation is 2. The highest BCUT2D eigenvalue weighted by atomic mass is 35.5. The van der Waals surface area contributed by atoms with E-state index in [1.807, 2.05) is 32.0 Å². The number of carbonyl (C=O) groups is 2. The average molecular weight is 431 g/mol. The van der Waals surface area contributed by atoms with Crippen LogP contribution in [0.3, 0.4) is 0 Å². The van der Waals surface area contributed by atoms with E-state index < -0.39 is 11.8 Å². The van der Waals surface area contributed by atoms with Crippen LogP contribution in [0, 0.1) is 13.8 Å². The number of anilines is 1. The van der Waals surface area contributed by atoms with Crippen LogP contribution in [0.15, 0.2) is 35.9 Å². The second-order valence-electron chi connectivity index (χ2n) is 6.53. The Labute approximate surface area is 179 Å². The Morgan fingerprint density at radius 3 is 2.17 bits per heavy atom. The predicted octanol–water partition coefficient (Wildman–Crippen LogP) is 3.81. The molecule has 1 heterocycles. The summed E-state index contributed by atoms with van der Waals surface area (Å²) in [6.07, 6.45) is 1.42. The fraction of sp³-hybridized carbons (Fsp3) is 0.190. The number of nitrogens with one attached hydrogen (secondary N) is 1. The zero-order valence-corrected chi connectivity index (χ0v) is 17.9. The van der Waals surface area contributed by atoms with Gasteiger partial charge in [0.15, 0.2) is 16.6 Å². The highest BCUT2D eigenvalue weighted by Gasteiger charge is 2.34. The number of hydrogen-bond donors (Lipinski definition) is 1. The molecule has 150 valence electrons. The smallest absolute Gasteiger partial charge is 0.270 e. The molecule has 0 unspecified atom stereocenters. The monoisotopic (exact) mass is 430 g/mol. The average Bonchev–Trinajstić information content (AvgIpc) is 2.64. The minimum Gasteiger partial charge on any atom is -0.493 e. The molecule has 29 heavy (non-hydrogen) atoms. The zero-order chi connectivity index (χ0) is 21.3. The molecule has 0 saturated carbocycles. The molecule has 8 heteroatoms. The number of methoxy groups -OCH3 is 2. The highest BCUT2D eigenvalue weighted by Crippen LogP contribution is 2.34. The molecule has 1 aliphatic heterocycles. The first-order chi connectivity index (χ1) is 13.7. The van der Waals surface area contributed by atoms with Gasteiger partial charge in [-0.2, -0.15) is 0 Å². The van der Waals surface area contributed by atoms with Gasteiger partial charge in [0.05, 0.1) is 24.9 Å². The third-order valence-electron chi connectivity index (χ3n) is 4.37. The number of thiocarbonyl (C=S) groups is 1. The standard InChI is InChI=1S/C21H19ClN2O4S/c1-11-5-12(2)7-14(6-11)24-20(26)15(19(25)23-21(24)29)8-13-9-17(27-3)18(28-4)10-16(13)22/h5-10H,1-4H3,(H,23,25,29)/b15-8+. The molecular weight excluding hydrogens is 412 g/mol. The number of benzene rings is 2. The number of carbonyl (C=O) groups excluding carboxylic acids is 2. The molecule has 0 radical (unpaired) electrons. The largest absolute Gasteiger partial charge is 0.493 e. The molecule has 0 bridgehead atoms. The van der Waals surface area contributed by atoms with Gasteiger partial charge in [-0.1, -0.05) is 17.7 Å². The van der Waals surface area contributed by atoms with Crippen LogP contribution < -0.4 is 19.7 Å². The van der Waals surface area contributed by atoms with Crippen molar-refractivity contribution >= 4 is 52.5 Å². The summed E-state index contributed by atoms with van der Waals surface area (Å²) in [6, 6.07) is 8.80. The van der Waals surface area contributed by atoms with E-state index in [0.29, 0.717) is 27.8 Å². The van der Waals surface area contributed by atoms with E-state index >= 15 is 0 Å². The minimum atomic E-state index is -0.591. The van der Waals surface area contributed by atoms with Crippen LogP contribution in [0.1, 0.15) is 16.7 Å². The summed E-state index contributed by atoms with van der Waals surface area (Å²) in [5.41, 5.74) is 2.88. The lowest BCUT2D eigenvalue weighted by Crippen LogP contribution is -2.54. The first kappa shape index (κ1) is 20.8. The SMILES string of the molecule is COc1cc(Cl)c(/C=C2\C(=O)NC(=S)N(c3cc(C)cc(C)c3)C2=O)cc1OC. The summed E-state index contributed by atoms with van der Waals surface area (Å²) in [5, 5.41) is 2.90. The Kier molecular flexibility index (Phi) is 5.91. The maximum absolute atomic E-state index is 13.2. The van der Waals surface area contributed by atoms with E-state index in [-0.39, 0.29) is 10.7 Å². The van der Waals surface area contributed by atoms with Crippen LogP contribution in [-0.2, 0) is 9.59 Å². The third kappa shape index (κ3) is 4.11. The number of nitrogens with zero attached hydrogens (tertiary/aromatic N) is 1. The molecule has 2 amide bonds. The first-order valence-electron chi connectivity index (χ1n) is 8.66. The van der Waals surface area contributed by atoms with Crippen molar-refractivity contribution in [1.82, 2.24) is 5.32 Å². The highest BCUT2D eigenvalue weighted by molar-refractivity contribution is 7.80. The van der Waals surface area contributed by atoms with Gasteiger partial charge in [0.1, 0.15) is 5.57 Å². The van der Waals surface area contributed by atoms with Crippen LogP contribution in [0.2, 0.25) is 5.02 Å². The normalized spacial score (nSPS) is 15.6. The number of halogens is 1. The lowest BCUT2D eigenvalue weighted by molar-refractivity contribution is -0.122. The van der Waals surface area contributed by atoms with Crippen molar-refractivity contribution in [2.45, 2.75) is 13.8 Å². The van der Waals surface area contributed by atoms with Gasteiger partial charge in [-0.3, -0.25) is 19.8 Å². The first-order valence-corrected chi connectivity index (χ1v) is 9.45. The molecule has 0 spiro atoms. The van der Waals surface area contributed by atoms with Gasteiger partial charge < -0.3 is 9.47 Å². The summed E-state index contributed by atoms with van der Waals surface area (Å²) >= 11 is 11.6. The molecular formula is C21H19ClN2O4S. The third-order valence-corrected chi connectivity index (χ3v) is 4.98. The lowest BCUT2D eigenvalue weighted by Gasteiger charge is -2.29. The van der Waals surface area contributed by atoms with Gasteiger partial charge in [-0.25, -0.2) is 0 Å². The molecule has 2 aromatic rings. The topological polar surface area (TPSA) is 67.9 Å². The predicted molar refractivity (Wildman–Crippen MR) is 117 cm³/mol. The van der Waals surface area contributed by atoms with E-state index in [0.717, 1.165) is 11.1 Å². The molecule has 1 fully saturated rings. The minimum absolute atomic E-state index is 0.0283. The van der Waals surface area contributed by atoms with Crippen LogP contribution in [0.4, 0.5) is 5.69 Å². The summed E-state index contributed by atoms with van der Waals surface area (Å²) in [4.78, 5) is 27.0. The van der Waals surface area contributed by atoms with E-state index in [4.69, 9.17) is 33.3 Å². The second kappa shape index (κ2) is 8.23. The van der Waals surface area contributed by atoms with Gasteiger partial charge in [-0.15, -0.1) is 0 Å². The molecule has 3 rings (SSSR count). The van der Waals surface area contributed by atoms with Crippen LogP contribution in [0.25, 0.3) is 6.08 Å². The summed E-state index contributed by atoms with van der Waals surface area (Å²) in [7, 11) is 2.98. The van der Waals surface area contributed by atoms with Crippen LogP contribution >= 0.6 is 23.8 Å². The Hall–Kier alpha value is -2.90. The van der Waals surface area contributed by atoms with E-state index in [1.54, 1.807) is 12.1 Å². The van der Waals surface area contributed by atoms with Crippen molar-refractivity contribution in [2.75, 3.05) is 19.1 Å². The van der Waals surface area contributed by atoms with Crippen LogP contribution in [-0.4, -0.2) is 31.1 Å². The van der Waals surface area contributed by atoms with Crippen molar-refractivity contribution in [3.05, 3.63) is 57.6 Å². The Bertz CT molecular complexity index is 1040. The molecule has 1 aliphatic rings. The zero-order valence-electron chi connectivity index (χ0n) is 16.3. The van der Waals surface area contributed by atoms with Gasteiger partial charge in [0.25, 0.3) is 11.8 Å². The van der Waals surface area contributed by atoms with Gasteiger partial charge >= 0.3 is 0 Å². The second-order valence-corrected chi connectivity index (χ2v) is 7.33. The maximum Gasteiger partial charge on any atom is 0.270 e. The number of amides is 2. The lowest BCUT2D eigenvalue weighted by atomic mass is 10.0. The Balaban J connectivity index is 2.08. The quantitative estimate of drug-likeness (QED) is 0.454. The molecule has 0 aromatic heterocycles. The Morgan fingerprint density at radius 1 is 1.00 bits per heavy atom. The fourth-order valence-electron chi connectivity index (χ4n) is 3.11. The Morgan fingerprint density at radius 2 is 1.59 bits per heavy atom. The summed E-state index contributed by atoms with van der Waals surface area (Å²) in [5.74, 6) is -0.257. The molecule has 1 N–H and O–H groups in total. The van der Waals surface area contributed by atoms with Crippen molar-refractivity contribution in [1.29, 1.82) is 0 Å². The number of rotatable bonds is 4. The van der Waals surface area contributed by atoms with Crippen molar-refractivity contribution < 1.29 is 19.1 Å².